The minimum absolute atomic E-state index is 0. The van der Waals surface area contributed by atoms with Crippen LogP contribution in [0.1, 0.15) is 0 Å². The van der Waals surface area contributed by atoms with E-state index in [4.69, 9.17) is 5.11 Å². The molecule has 0 aromatic heterocycles. The van der Waals surface area contributed by atoms with Crippen molar-refractivity contribution in [2.24, 2.45) is 0 Å². The van der Waals surface area contributed by atoms with E-state index in [1.165, 1.54) is 7.05 Å². The van der Waals surface area contributed by atoms with Crippen molar-refractivity contribution in [2.75, 3.05) is 20.2 Å². The zero-order chi connectivity index (χ0) is 6.57. The van der Waals surface area contributed by atoms with Crippen LogP contribution < -0.4 is 0 Å². The van der Waals surface area contributed by atoms with Gasteiger partial charge in [-0.2, -0.15) is 0 Å². The standard InChI is InChI=1S/C3H9NO3S.Rf/c1-4(2-3-5)8(6)7;/h5H,2-3H2,1H3,(H,6,7);/p-1. The summed E-state index contributed by atoms with van der Waals surface area (Å²) in [4.78, 5) is 0. The van der Waals surface area contributed by atoms with Gasteiger partial charge in [0.1, 0.15) is 0 Å². The monoisotopic (exact) mass is 405 g/mol. The van der Waals surface area contributed by atoms with Gasteiger partial charge in [0.05, 0.1) is 6.61 Å². The molecule has 0 bridgehead atoms. The molecule has 1 N–H and O–H groups in total. The Balaban J connectivity index is 0. The molecule has 1 atom stereocenters. The number of aliphatic hydroxyl groups is 1. The van der Waals surface area contributed by atoms with Crippen LogP contribution in [0, 0.1) is 0 Å². The molecule has 0 aromatic carbocycles. The SMILES string of the molecule is CN(CCO)S(=O)[O-].[Rf]. The van der Waals surface area contributed by atoms with Crippen molar-refractivity contribution in [2.45, 2.75) is 0 Å². The molecule has 4 nitrogen and oxygen atoms in total. The van der Waals surface area contributed by atoms with Crippen molar-refractivity contribution in [3.05, 3.63) is 0 Å². The van der Waals surface area contributed by atoms with Crippen LogP contribution >= 0.6 is 0 Å². The summed E-state index contributed by atoms with van der Waals surface area (Å²) in [6.45, 7) is 0.0284. The molecule has 0 saturated heterocycles. The van der Waals surface area contributed by atoms with Gasteiger partial charge in [0, 0.05) is 17.8 Å². The minimum Gasteiger partial charge on any atom is -0.760 e. The maximum absolute atomic E-state index is 9.90. The first kappa shape index (κ1) is 10.9. The second-order valence-corrected chi connectivity index (χ2v) is 2.35. The van der Waals surface area contributed by atoms with E-state index in [0.29, 0.717) is 0 Å². The molecule has 0 rings (SSSR count). The molecule has 0 aromatic rings. The zero-order valence-corrected chi connectivity index (χ0v) is 12.5. The van der Waals surface area contributed by atoms with Crippen LogP contribution in [-0.2, 0) is 11.3 Å². The van der Waals surface area contributed by atoms with Crippen LogP contribution in [0.5, 0.6) is 0 Å². The fourth-order valence-corrected chi connectivity index (χ4v) is 0.446. The van der Waals surface area contributed by atoms with Gasteiger partial charge in [-0.05, 0) is 7.05 Å². The van der Waals surface area contributed by atoms with E-state index in [0.717, 1.165) is 4.31 Å². The summed E-state index contributed by atoms with van der Waals surface area (Å²) < 4.78 is 20.8. The molecule has 0 aliphatic heterocycles. The van der Waals surface area contributed by atoms with Crippen LogP contribution in [0.2, 0.25) is 0 Å². The zero-order valence-electron chi connectivity index (χ0n) is 5.24. The molecule has 52 valence electrons. The van der Waals surface area contributed by atoms with Crippen LogP contribution in [0.15, 0.2) is 0 Å². The number of nitrogens with zero attached hydrogens (tertiary/aromatic N) is 1. The summed E-state index contributed by atoms with van der Waals surface area (Å²) in [5, 5.41) is 8.17. The van der Waals surface area contributed by atoms with Crippen LogP contribution in [0.3, 0.4) is 0 Å². The first-order valence-electron chi connectivity index (χ1n) is 2.10. The van der Waals surface area contributed by atoms with Crippen molar-refractivity contribution < 1.29 is 13.9 Å². The van der Waals surface area contributed by atoms with E-state index in [9.17, 15) is 8.76 Å². The largest absolute Gasteiger partial charge is 0.760 e. The first-order chi connectivity index (χ1) is 3.68. The summed E-state index contributed by atoms with van der Waals surface area (Å²) in [7, 11) is 1.39. The Hall–Kier alpha value is -0.970. The molecule has 0 aliphatic rings. The van der Waals surface area contributed by atoms with E-state index >= 15 is 0 Å². The normalized spacial score (nSPS) is 12.9. The number of hydrogen-bond donors (Lipinski definition) is 1. The van der Waals surface area contributed by atoms with E-state index < -0.39 is 11.3 Å². The second-order valence-electron chi connectivity index (χ2n) is 1.29. The topological polar surface area (TPSA) is 63.6 Å². The van der Waals surface area contributed by atoms with E-state index in [2.05, 4.69) is 0 Å². The van der Waals surface area contributed by atoms with Gasteiger partial charge in [0.2, 0.25) is 0 Å². The smallest absolute Gasteiger partial charge is 0.0568 e. The van der Waals surface area contributed by atoms with E-state index in [1.807, 2.05) is 0 Å². The Morgan fingerprint density at radius 1 is 1.78 bits per heavy atom. The molecule has 9 heavy (non-hydrogen) atoms. The van der Waals surface area contributed by atoms with Gasteiger partial charge in [0.15, 0.2) is 0 Å². The molecule has 1 unspecified atom stereocenters. The van der Waals surface area contributed by atoms with Gasteiger partial charge in [0.25, 0.3) is 0 Å². The Morgan fingerprint density at radius 2 is 2.22 bits per heavy atom. The molecule has 0 heterocycles. The number of hydrogen-bond acceptors (Lipinski definition) is 3. The summed E-state index contributed by atoms with van der Waals surface area (Å²) in [5.74, 6) is 0. The molecule has 6 heteroatoms. The van der Waals surface area contributed by atoms with Gasteiger partial charge in [-0.25, -0.2) is 4.31 Å². The maximum atomic E-state index is 9.90. The Morgan fingerprint density at radius 3 is 2.33 bits per heavy atom. The van der Waals surface area contributed by atoms with Crippen LogP contribution in [-0.4, -0.2) is 38.4 Å². The van der Waals surface area contributed by atoms with Gasteiger partial charge in [-0.1, -0.05) is 0 Å². The quantitative estimate of drug-likeness (QED) is 0.595. The van der Waals surface area contributed by atoms with Crippen molar-refractivity contribution in [3.63, 3.8) is 0 Å². The first-order valence-corrected chi connectivity index (χ1v) is 3.13. The third-order valence-electron chi connectivity index (χ3n) is 0.669. The van der Waals surface area contributed by atoms with Crippen molar-refractivity contribution in [1.29, 1.82) is 0 Å². The van der Waals surface area contributed by atoms with Gasteiger partial charge in [-0.3, -0.25) is 4.21 Å². The third kappa shape index (κ3) is 4.89. The van der Waals surface area contributed by atoms with Crippen molar-refractivity contribution in [3.8, 4) is 0 Å². The summed E-state index contributed by atoms with van der Waals surface area (Å²) in [5.41, 5.74) is 0. The summed E-state index contributed by atoms with van der Waals surface area (Å²) >= 11 is -2.19. The Labute approximate surface area is 50.5 Å². The number of rotatable bonds is 3. The van der Waals surface area contributed by atoms with Gasteiger partial charge < -0.3 is 9.66 Å². The van der Waals surface area contributed by atoms with Crippen molar-refractivity contribution >= 4 is 11.3 Å². The number of aliphatic hydroxyl groups excluding tert-OH is 1. The predicted molar refractivity (Wildman–Crippen MR) is 28.6 cm³/mol. The molecule has 0 fully saturated rings. The molecule has 0 saturated carbocycles. The fraction of sp³-hybridized carbons (Fsp3) is 1.00. The number of likely N-dealkylation sites (N-methyl/N-ethyl adjacent to an activating group) is 1. The average Bonchev–Trinajstić information content (AvgIpc) is 1.67. The van der Waals surface area contributed by atoms with Crippen LogP contribution in [0.25, 0.3) is 0 Å². The fourth-order valence-electron chi connectivity index (χ4n) is 0.215. The second kappa shape index (κ2) is 5.17. The third-order valence-corrected chi connectivity index (χ3v) is 1.36. The average molecular weight is 405 g/mol. The van der Waals surface area contributed by atoms with E-state index in [1.54, 1.807) is 0 Å². The molecule has 0 radical (unpaired) electrons. The minimum atomic E-state index is -2.19. The van der Waals surface area contributed by atoms with Gasteiger partial charge in [-0.15, -0.1) is 0 Å². The summed E-state index contributed by atoms with van der Waals surface area (Å²) in [6.07, 6.45) is 0. The maximum Gasteiger partial charge on any atom is 0.0568 e. The van der Waals surface area contributed by atoms with E-state index in [-0.39, 0.29) is 13.2 Å². The molecule has 0 aliphatic carbocycles. The molecule has 0 spiro atoms. The Kier molecular flexibility index (Phi) is 6.27. The summed E-state index contributed by atoms with van der Waals surface area (Å²) in [6, 6.07) is 0. The molecule has 0 amide bonds. The van der Waals surface area contributed by atoms with Gasteiger partial charge >= 0.3 is 0 Å². The van der Waals surface area contributed by atoms with Crippen LogP contribution in [0.4, 0.5) is 0 Å². The molecular weight excluding hydrogens is 397 g/mol. The Bertz CT molecular complexity index is 91.1. The molecular formula is C3H8NO3RfS-. The predicted octanol–water partition coefficient (Wildman–Crippen LogP) is -1.30. The van der Waals surface area contributed by atoms with Crippen molar-refractivity contribution in [1.82, 2.24) is 4.31 Å².